The summed E-state index contributed by atoms with van der Waals surface area (Å²) in [7, 11) is 3.16. The molecule has 0 unspecified atom stereocenters. The van der Waals surface area contributed by atoms with E-state index in [9.17, 15) is 4.79 Å². The highest BCUT2D eigenvalue weighted by Gasteiger charge is 2.12. The Hall–Kier alpha value is -2.36. The zero-order chi connectivity index (χ0) is 16.8. The summed E-state index contributed by atoms with van der Waals surface area (Å²) in [5.41, 5.74) is 1.90. The van der Waals surface area contributed by atoms with Gasteiger partial charge in [0.1, 0.15) is 5.69 Å². The minimum Gasteiger partial charge on any atom is -0.465 e. The predicted octanol–water partition coefficient (Wildman–Crippen LogP) is 2.11. The van der Waals surface area contributed by atoms with Gasteiger partial charge in [-0.1, -0.05) is 0 Å². The van der Waals surface area contributed by atoms with Crippen LogP contribution in [0.2, 0.25) is 0 Å². The highest BCUT2D eigenvalue weighted by atomic mass is 16.7. The van der Waals surface area contributed by atoms with Gasteiger partial charge in [-0.25, -0.2) is 4.79 Å². The van der Waals surface area contributed by atoms with Gasteiger partial charge in [-0.15, -0.1) is 0 Å². The SMILES string of the molecule is CCOC(C#Cc1nn(C)c2cc(C(=O)OC)ccc12)OCC. The van der Waals surface area contributed by atoms with Gasteiger partial charge in [0.05, 0.1) is 18.2 Å². The van der Waals surface area contributed by atoms with E-state index >= 15 is 0 Å². The quantitative estimate of drug-likeness (QED) is 0.480. The van der Waals surface area contributed by atoms with Crippen molar-refractivity contribution in [1.82, 2.24) is 9.78 Å². The maximum atomic E-state index is 11.6. The molecule has 0 radical (unpaired) electrons. The number of ether oxygens (including phenoxy) is 3. The fourth-order valence-corrected chi connectivity index (χ4v) is 2.16. The van der Waals surface area contributed by atoms with Crippen LogP contribution in [-0.2, 0) is 21.3 Å². The molecule has 2 rings (SSSR count). The summed E-state index contributed by atoms with van der Waals surface area (Å²) in [6, 6.07) is 5.25. The number of nitrogens with zero attached hydrogens (tertiary/aromatic N) is 2. The van der Waals surface area contributed by atoms with Crippen molar-refractivity contribution in [3.8, 4) is 11.8 Å². The van der Waals surface area contributed by atoms with Gasteiger partial charge in [0.2, 0.25) is 6.29 Å². The van der Waals surface area contributed by atoms with Crippen LogP contribution in [0.4, 0.5) is 0 Å². The fraction of sp³-hybridized carbons (Fsp3) is 0.412. The smallest absolute Gasteiger partial charge is 0.337 e. The number of esters is 1. The van der Waals surface area contributed by atoms with Crippen LogP contribution in [0.15, 0.2) is 18.2 Å². The average Bonchev–Trinajstić information content (AvgIpc) is 2.88. The maximum absolute atomic E-state index is 11.6. The van der Waals surface area contributed by atoms with Crippen LogP contribution in [0, 0.1) is 11.8 Å². The Morgan fingerprint density at radius 3 is 2.61 bits per heavy atom. The van der Waals surface area contributed by atoms with Crippen molar-refractivity contribution in [2.75, 3.05) is 20.3 Å². The molecular weight excluding hydrogens is 296 g/mol. The standard InChI is InChI=1S/C17H20N2O4/c1-5-22-16(23-6-2)10-9-14-13-8-7-12(17(20)21-4)11-15(13)19(3)18-14/h7-8,11,16H,5-6H2,1-4H3. The highest BCUT2D eigenvalue weighted by Crippen LogP contribution is 2.19. The van der Waals surface area contributed by atoms with Gasteiger partial charge in [0.25, 0.3) is 0 Å². The van der Waals surface area contributed by atoms with Gasteiger partial charge >= 0.3 is 5.97 Å². The molecule has 0 aliphatic heterocycles. The van der Waals surface area contributed by atoms with Crippen LogP contribution in [0.3, 0.4) is 0 Å². The number of hydrogen-bond donors (Lipinski definition) is 0. The molecule has 0 amide bonds. The molecule has 0 fully saturated rings. The molecule has 0 aliphatic carbocycles. The summed E-state index contributed by atoms with van der Waals surface area (Å²) >= 11 is 0. The Balaban J connectivity index is 2.38. The van der Waals surface area contributed by atoms with Crippen molar-refractivity contribution >= 4 is 16.9 Å². The number of carbonyl (C=O) groups excluding carboxylic acids is 1. The second kappa shape index (κ2) is 7.77. The van der Waals surface area contributed by atoms with Crippen LogP contribution >= 0.6 is 0 Å². The first kappa shape index (κ1) is 17.0. The number of carbonyl (C=O) groups is 1. The van der Waals surface area contributed by atoms with Crippen molar-refractivity contribution in [2.45, 2.75) is 20.1 Å². The van der Waals surface area contributed by atoms with Gasteiger partial charge in [-0.2, -0.15) is 5.10 Å². The lowest BCUT2D eigenvalue weighted by atomic mass is 10.1. The molecule has 1 heterocycles. The summed E-state index contributed by atoms with van der Waals surface area (Å²) in [6.07, 6.45) is -0.573. The number of hydrogen-bond acceptors (Lipinski definition) is 5. The first-order valence-corrected chi connectivity index (χ1v) is 7.40. The lowest BCUT2D eigenvalue weighted by Gasteiger charge is -2.09. The largest absolute Gasteiger partial charge is 0.465 e. The minimum absolute atomic E-state index is 0.381. The van der Waals surface area contributed by atoms with E-state index in [4.69, 9.17) is 14.2 Å². The van der Waals surface area contributed by atoms with E-state index in [0.717, 1.165) is 10.9 Å². The summed E-state index contributed by atoms with van der Waals surface area (Å²) in [4.78, 5) is 11.6. The fourth-order valence-electron chi connectivity index (χ4n) is 2.16. The monoisotopic (exact) mass is 316 g/mol. The Morgan fingerprint density at radius 1 is 1.30 bits per heavy atom. The van der Waals surface area contributed by atoms with E-state index in [0.29, 0.717) is 24.5 Å². The molecule has 6 heteroatoms. The third-order valence-electron chi connectivity index (χ3n) is 3.22. The molecule has 0 saturated carbocycles. The second-order valence-corrected chi connectivity index (χ2v) is 4.71. The van der Waals surface area contributed by atoms with E-state index in [1.807, 2.05) is 19.9 Å². The van der Waals surface area contributed by atoms with Crippen LogP contribution < -0.4 is 0 Å². The van der Waals surface area contributed by atoms with E-state index in [2.05, 4.69) is 16.9 Å². The summed E-state index contributed by atoms with van der Waals surface area (Å²) < 4.78 is 17.2. The van der Waals surface area contributed by atoms with E-state index in [-0.39, 0.29) is 5.97 Å². The third kappa shape index (κ3) is 3.89. The van der Waals surface area contributed by atoms with Crippen molar-refractivity contribution in [3.05, 3.63) is 29.5 Å². The van der Waals surface area contributed by atoms with Crippen LogP contribution in [0.1, 0.15) is 29.9 Å². The lowest BCUT2D eigenvalue weighted by Crippen LogP contribution is -2.14. The molecule has 0 bridgehead atoms. The number of rotatable bonds is 5. The van der Waals surface area contributed by atoms with E-state index < -0.39 is 6.29 Å². The Bertz CT molecular complexity index is 749. The molecule has 23 heavy (non-hydrogen) atoms. The molecule has 1 aromatic carbocycles. The number of fused-ring (bicyclic) bond motifs is 1. The normalized spacial score (nSPS) is 10.7. The first-order chi connectivity index (χ1) is 11.1. The molecule has 1 aromatic heterocycles. The van der Waals surface area contributed by atoms with Crippen molar-refractivity contribution in [3.63, 3.8) is 0 Å². The van der Waals surface area contributed by atoms with E-state index in [1.165, 1.54) is 7.11 Å². The number of benzene rings is 1. The lowest BCUT2D eigenvalue weighted by molar-refractivity contribution is -0.0969. The maximum Gasteiger partial charge on any atom is 0.337 e. The summed E-state index contributed by atoms with van der Waals surface area (Å²) in [6.45, 7) is 4.81. The molecule has 0 saturated heterocycles. The number of aryl methyl sites for hydroxylation is 1. The summed E-state index contributed by atoms with van der Waals surface area (Å²) in [5.74, 6) is 5.54. The molecule has 0 atom stereocenters. The molecule has 0 spiro atoms. The van der Waals surface area contributed by atoms with Gasteiger partial charge in [-0.05, 0) is 43.9 Å². The van der Waals surface area contributed by atoms with Crippen molar-refractivity contribution in [1.29, 1.82) is 0 Å². The zero-order valence-corrected chi connectivity index (χ0v) is 13.8. The van der Waals surface area contributed by atoms with Crippen LogP contribution in [0.5, 0.6) is 0 Å². The Labute approximate surface area is 135 Å². The van der Waals surface area contributed by atoms with Crippen LogP contribution in [0.25, 0.3) is 10.9 Å². The molecule has 6 nitrogen and oxygen atoms in total. The number of aromatic nitrogens is 2. The topological polar surface area (TPSA) is 62.6 Å². The van der Waals surface area contributed by atoms with Gasteiger partial charge in [0.15, 0.2) is 0 Å². The van der Waals surface area contributed by atoms with Gasteiger partial charge in [-0.3, -0.25) is 4.68 Å². The zero-order valence-electron chi connectivity index (χ0n) is 13.8. The van der Waals surface area contributed by atoms with Gasteiger partial charge in [0, 0.05) is 25.6 Å². The minimum atomic E-state index is -0.573. The van der Waals surface area contributed by atoms with Crippen molar-refractivity contribution in [2.24, 2.45) is 7.05 Å². The average molecular weight is 316 g/mol. The molecule has 2 aromatic rings. The molecular formula is C17H20N2O4. The molecule has 122 valence electrons. The molecule has 0 aliphatic rings. The highest BCUT2D eigenvalue weighted by molar-refractivity contribution is 5.95. The summed E-state index contributed by atoms with van der Waals surface area (Å²) in [5, 5.41) is 5.25. The second-order valence-electron chi connectivity index (χ2n) is 4.71. The Kier molecular flexibility index (Phi) is 5.74. The van der Waals surface area contributed by atoms with E-state index in [1.54, 1.807) is 23.9 Å². The first-order valence-electron chi connectivity index (χ1n) is 7.40. The Morgan fingerprint density at radius 2 is 2.00 bits per heavy atom. The predicted molar refractivity (Wildman–Crippen MR) is 86.0 cm³/mol. The van der Waals surface area contributed by atoms with Gasteiger partial charge < -0.3 is 14.2 Å². The van der Waals surface area contributed by atoms with Crippen LogP contribution in [-0.4, -0.2) is 42.4 Å². The third-order valence-corrected chi connectivity index (χ3v) is 3.22. The molecule has 0 N–H and O–H groups in total. The number of methoxy groups -OCH3 is 1. The van der Waals surface area contributed by atoms with Crippen molar-refractivity contribution < 1.29 is 19.0 Å².